The molecule has 88 valence electrons. The number of sulfonamides is 1. The molecule has 1 fully saturated rings. The Labute approximate surface area is 109 Å². The lowest BCUT2D eigenvalue weighted by Crippen LogP contribution is -2.57. The van der Waals surface area contributed by atoms with Gasteiger partial charge in [0.1, 0.15) is 0 Å². The van der Waals surface area contributed by atoms with Crippen LogP contribution in [0.1, 0.15) is 0 Å². The van der Waals surface area contributed by atoms with E-state index in [1.54, 1.807) is 31.3 Å². The molecule has 1 aromatic rings. The molecular formula is C10H13IN2O2S. The summed E-state index contributed by atoms with van der Waals surface area (Å²) in [6, 6.07) is 7.00. The van der Waals surface area contributed by atoms with E-state index in [9.17, 15) is 8.42 Å². The molecule has 16 heavy (non-hydrogen) atoms. The Bertz CT molecular complexity index is 468. The van der Waals surface area contributed by atoms with Crippen molar-refractivity contribution >= 4 is 32.6 Å². The number of halogens is 1. The summed E-state index contributed by atoms with van der Waals surface area (Å²) >= 11 is 2.16. The molecule has 1 aliphatic heterocycles. The van der Waals surface area contributed by atoms with E-state index in [0.717, 1.165) is 16.7 Å². The van der Waals surface area contributed by atoms with Gasteiger partial charge < -0.3 is 5.32 Å². The van der Waals surface area contributed by atoms with Crippen LogP contribution in [-0.2, 0) is 10.0 Å². The molecule has 0 saturated carbocycles. The second-order valence-electron chi connectivity index (χ2n) is 3.79. The van der Waals surface area contributed by atoms with Gasteiger partial charge in [0.05, 0.1) is 4.90 Å². The summed E-state index contributed by atoms with van der Waals surface area (Å²) < 4.78 is 26.8. The van der Waals surface area contributed by atoms with Crippen LogP contribution < -0.4 is 5.32 Å². The molecule has 1 aliphatic rings. The van der Waals surface area contributed by atoms with Crippen molar-refractivity contribution in [2.45, 2.75) is 10.9 Å². The van der Waals surface area contributed by atoms with E-state index >= 15 is 0 Å². The van der Waals surface area contributed by atoms with Gasteiger partial charge in [-0.05, 0) is 46.9 Å². The Balaban J connectivity index is 2.27. The van der Waals surface area contributed by atoms with Crippen LogP contribution in [0.2, 0.25) is 0 Å². The minimum absolute atomic E-state index is 0.0873. The number of nitrogens with one attached hydrogen (secondary N) is 1. The summed E-state index contributed by atoms with van der Waals surface area (Å²) in [6.07, 6.45) is 0. The standard InChI is InChI=1S/C10H13IN2O2S/c1-13(9-6-12-7-9)16(14,15)10-4-2-8(11)3-5-10/h2-5,9,12H,6-7H2,1H3. The molecule has 4 nitrogen and oxygen atoms in total. The summed E-state index contributed by atoms with van der Waals surface area (Å²) in [7, 11) is -1.69. The van der Waals surface area contributed by atoms with Crippen LogP contribution in [0.15, 0.2) is 29.2 Å². The van der Waals surface area contributed by atoms with Crippen molar-refractivity contribution in [1.82, 2.24) is 9.62 Å². The summed E-state index contributed by atoms with van der Waals surface area (Å²) in [4.78, 5) is 0.363. The SMILES string of the molecule is CN(C1CNC1)S(=O)(=O)c1ccc(I)cc1. The highest BCUT2D eigenvalue weighted by Crippen LogP contribution is 2.19. The van der Waals surface area contributed by atoms with E-state index in [1.807, 2.05) is 0 Å². The van der Waals surface area contributed by atoms with Crippen LogP contribution in [0.4, 0.5) is 0 Å². The first-order valence-corrected chi connectivity index (χ1v) is 7.48. The third kappa shape index (κ3) is 2.24. The van der Waals surface area contributed by atoms with Gasteiger partial charge in [-0.1, -0.05) is 0 Å². The smallest absolute Gasteiger partial charge is 0.243 e. The fourth-order valence-electron chi connectivity index (χ4n) is 1.50. The first-order valence-electron chi connectivity index (χ1n) is 4.96. The zero-order valence-electron chi connectivity index (χ0n) is 8.85. The second-order valence-corrected chi connectivity index (χ2v) is 7.03. The molecule has 1 heterocycles. The topological polar surface area (TPSA) is 49.4 Å². The minimum atomic E-state index is -3.33. The highest BCUT2D eigenvalue weighted by molar-refractivity contribution is 14.1. The molecule has 0 radical (unpaired) electrons. The molecule has 0 amide bonds. The second kappa shape index (κ2) is 4.59. The molecule has 0 aromatic heterocycles. The quantitative estimate of drug-likeness (QED) is 0.822. The highest BCUT2D eigenvalue weighted by Gasteiger charge is 2.31. The molecule has 6 heteroatoms. The first-order chi connectivity index (χ1) is 7.51. The maximum absolute atomic E-state index is 12.2. The Hall–Kier alpha value is -0.180. The van der Waals surface area contributed by atoms with Crippen molar-refractivity contribution in [2.24, 2.45) is 0 Å². The fraction of sp³-hybridized carbons (Fsp3) is 0.400. The van der Waals surface area contributed by atoms with E-state index < -0.39 is 10.0 Å². The van der Waals surface area contributed by atoms with Gasteiger partial charge in [-0.2, -0.15) is 4.31 Å². The van der Waals surface area contributed by atoms with Crippen LogP contribution >= 0.6 is 22.6 Å². The normalized spacial score (nSPS) is 17.4. The van der Waals surface area contributed by atoms with Crippen molar-refractivity contribution < 1.29 is 8.42 Å². The molecular weight excluding hydrogens is 339 g/mol. The number of likely N-dealkylation sites (N-methyl/N-ethyl adjacent to an activating group) is 1. The van der Waals surface area contributed by atoms with Gasteiger partial charge in [0.2, 0.25) is 10.0 Å². The molecule has 0 unspecified atom stereocenters. The molecule has 1 N–H and O–H groups in total. The summed E-state index contributed by atoms with van der Waals surface area (Å²) in [5.74, 6) is 0. The molecule has 0 atom stereocenters. The van der Waals surface area contributed by atoms with Crippen molar-refractivity contribution in [3.63, 3.8) is 0 Å². The monoisotopic (exact) mass is 352 g/mol. The van der Waals surface area contributed by atoms with Crippen LogP contribution in [0.5, 0.6) is 0 Å². The van der Waals surface area contributed by atoms with Crippen LogP contribution in [0.3, 0.4) is 0 Å². The van der Waals surface area contributed by atoms with Crippen molar-refractivity contribution in [3.8, 4) is 0 Å². The van der Waals surface area contributed by atoms with Gasteiger partial charge in [0, 0.05) is 29.7 Å². The molecule has 0 bridgehead atoms. The first kappa shape index (κ1) is 12.3. The number of benzene rings is 1. The molecule has 0 spiro atoms. The average molecular weight is 352 g/mol. The van der Waals surface area contributed by atoms with E-state index in [1.165, 1.54) is 4.31 Å². The summed E-state index contributed by atoms with van der Waals surface area (Å²) in [6.45, 7) is 1.47. The molecule has 2 rings (SSSR count). The molecule has 1 aromatic carbocycles. The number of rotatable bonds is 3. The Morgan fingerprint density at radius 3 is 2.31 bits per heavy atom. The number of nitrogens with zero attached hydrogens (tertiary/aromatic N) is 1. The maximum atomic E-state index is 12.2. The molecule has 1 saturated heterocycles. The third-order valence-corrected chi connectivity index (χ3v) is 5.41. The van der Waals surface area contributed by atoms with E-state index in [4.69, 9.17) is 0 Å². The summed E-state index contributed by atoms with van der Waals surface area (Å²) in [5.41, 5.74) is 0. The highest BCUT2D eigenvalue weighted by atomic mass is 127. The van der Waals surface area contributed by atoms with Crippen LogP contribution in [0.25, 0.3) is 0 Å². The minimum Gasteiger partial charge on any atom is -0.313 e. The van der Waals surface area contributed by atoms with Gasteiger partial charge in [-0.25, -0.2) is 8.42 Å². The third-order valence-electron chi connectivity index (χ3n) is 2.76. The van der Waals surface area contributed by atoms with Crippen molar-refractivity contribution in [1.29, 1.82) is 0 Å². The number of hydrogen-bond donors (Lipinski definition) is 1. The number of hydrogen-bond acceptors (Lipinski definition) is 3. The Morgan fingerprint density at radius 1 is 1.31 bits per heavy atom. The van der Waals surface area contributed by atoms with Crippen molar-refractivity contribution in [3.05, 3.63) is 27.8 Å². The van der Waals surface area contributed by atoms with Gasteiger partial charge >= 0.3 is 0 Å². The maximum Gasteiger partial charge on any atom is 0.243 e. The zero-order chi connectivity index (χ0) is 11.8. The predicted molar refractivity (Wildman–Crippen MR) is 70.8 cm³/mol. The van der Waals surface area contributed by atoms with Crippen LogP contribution in [0, 0.1) is 3.57 Å². The van der Waals surface area contributed by atoms with Gasteiger partial charge in [-0.3, -0.25) is 0 Å². The van der Waals surface area contributed by atoms with Gasteiger partial charge in [0.25, 0.3) is 0 Å². The Morgan fingerprint density at radius 2 is 1.88 bits per heavy atom. The lowest BCUT2D eigenvalue weighted by molar-refractivity contribution is 0.274. The lowest BCUT2D eigenvalue weighted by atomic mass is 10.2. The summed E-state index contributed by atoms with van der Waals surface area (Å²) in [5, 5.41) is 3.07. The fourth-order valence-corrected chi connectivity index (χ4v) is 3.21. The largest absolute Gasteiger partial charge is 0.313 e. The zero-order valence-corrected chi connectivity index (χ0v) is 11.8. The average Bonchev–Trinajstić information content (AvgIpc) is 2.15. The van der Waals surface area contributed by atoms with Crippen LogP contribution in [-0.4, -0.2) is 38.9 Å². The van der Waals surface area contributed by atoms with Crippen molar-refractivity contribution in [2.75, 3.05) is 20.1 Å². The Kier molecular flexibility index (Phi) is 3.53. The van der Waals surface area contributed by atoms with E-state index in [2.05, 4.69) is 27.9 Å². The predicted octanol–water partition coefficient (Wildman–Crippen LogP) is 0.883. The van der Waals surface area contributed by atoms with Gasteiger partial charge in [-0.15, -0.1) is 0 Å². The van der Waals surface area contributed by atoms with E-state index in [0.29, 0.717) is 4.90 Å². The molecule has 0 aliphatic carbocycles. The van der Waals surface area contributed by atoms with E-state index in [-0.39, 0.29) is 6.04 Å². The van der Waals surface area contributed by atoms with Gasteiger partial charge in [0.15, 0.2) is 0 Å². The lowest BCUT2D eigenvalue weighted by Gasteiger charge is -2.34.